The highest BCUT2D eigenvalue weighted by atomic mass is 35.5. The minimum atomic E-state index is -0.374. The standard InChI is InChI=1S/C12H11ClN2O3/c1-2-17-11(16)7-10-14-12(18-15-10)8-3-5-9(13)6-4-8/h3-6H,2,7H2,1H3. The van der Waals surface area contributed by atoms with Gasteiger partial charge < -0.3 is 9.26 Å². The number of carbonyl (C=O) groups excluding carboxylic acids is 1. The highest BCUT2D eigenvalue weighted by molar-refractivity contribution is 6.30. The molecule has 94 valence electrons. The lowest BCUT2D eigenvalue weighted by molar-refractivity contribution is -0.142. The molecule has 0 saturated heterocycles. The van der Waals surface area contributed by atoms with Crippen LogP contribution in [0.1, 0.15) is 12.7 Å². The summed E-state index contributed by atoms with van der Waals surface area (Å²) >= 11 is 5.78. The van der Waals surface area contributed by atoms with Gasteiger partial charge in [0, 0.05) is 10.6 Å². The lowest BCUT2D eigenvalue weighted by atomic mass is 10.2. The van der Waals surface area contributed by atoms with Crippen LogP contribution in [-0.2, 0) is 16.0 Å². The summed E-state index contributed by atoms with van der Waals surface area (Å²) < 4.78 is 9.86. The number of benzene rings is 1. The summed E-state index contributed by atoms with van der Waals surface area (Å²) in [5.74, 6) is 0.283. The van der Waals surface area contributed by atoms with Crippen molar-refractivity contribution < 1.29 is 14.1 Å². The van der Waals surface area contributed by atoms with Crippen molar-refractivity contribution >= 4 is 17.6 Å². The second-order valence-electron chi connectivity index (χ2n) is 3.50. The zero-order valence-electron chi connectivity index (χ0n) is 9.72. The Kier molecular flexibility index (Phi) is 3.94. The maximum atomic E-state index is 11.2. The third kappa shape index (κ3) is 3.07. The second kappa shape index (κ2) is 5.64. The average molecular weight is 267 g/mol. The molecule has 1 aromatic carbocycles. The molecule has 2 rings (SSSR count). The van der Waals surface area contributed by atoms with E-state index >= 15 is 0 Å². The number of carbonyl (C=O) groups is 1. The van der Waals surface area contributed by atoms with Crippen LogP contribution in [0.15, 0.2) is 28.8 Å². The summed E-state index contributed by atoms with van der Waals surface area (Å²) in [5.41, 5.74) is 0.752. The van der Waals surface area contributed by atoms with E-state index in [0.29, 0.717) is 23.3 Å². The number of ether oxygens (including phenoxy) is 1. The number of hydrogen-bond acceptors (Lipinski definition) is 5. The van der Waals surface area contributed by atoms with Gasteiger partial charge in [0.25, 0.3) is 5.89 Å². The molecule has 0 spiro atoms. The van der Waals surface area contributed by atoms with Gasteiger partial charge in [-0.3, -0.25) is 4.79 Å². The number of nitrogens with zero attached hydrogens (tertiary/aromatic N) is 2. The molecule has 2 aromatic rings. The Labute approximate surface area is 109 Å². The number of hydrogen-bond donors (Lipinski definition) is 0. The van der Waals surface area contributed by atoms with Crippen LogP contribution in [0, 0.1) is 0 Å². The summed E-state index contributed by atoms with van der Waals surface area (Å²) in [6, 6.07) is 6.99. The van der Waals surface area contributed by atoms with Crippen LogP contribution in [0.5, 0.6) is 0 Å². The zero-order valence-corrected chi connectivity index (χ0v) is 10.5. The Morgan fingerprint density at radius 2 is 2.11 bits per heavy atom. The van der Waals surface area contributed by atoms with E-state index < -0.39 is 0 Å². The van der Waals surface area contributed by atoms with E-state index in [0.717, 1.165) is 5.56 Å². The molecule has 0 aliphatic heterocycles. The van der Waals surface area contributed by atoms with E-state index in [-0.39, 0.29) is 12.4 Å². The van der Waals surface area contributed by atoms with E-state index in [9.17, 15) is 4.79 Å². The highest BCUT2D eigenvalue weighted by Crippen LogP contribution is 2.19. The summed E-state index contributed by atoms with van der Waals surface area (Å²) in [5, 5.41) is 4.35. The minimum Gasteiger partial charge on any atom is -0.466 e. The van der Waals surface area contributed by atoms with Crippen molar-refractivity contribution in [3.05, 3.63) is 35.1 Å². The molecule has 0 unspecified atom stereocenters. The highest BCUT2D eigenvalue weighted by Gasteiger charge is 2.12. The maximum absolute atomic E-state index is 11.2. The molecule has 5 nitrogen and oxygen atoms in total. The van der Waals surface area contributed by atoms with Crippen molar-refractivity contribution in [2.24, 2.45) is 0 Å². The molecule has 0 radical (unpaired) electrons. The molecule has 6 heteroatoms. The molecular weight excluding hydrogens is 256 g/mol. The molecule has 0 N–H and O–H groups in total. The Morgan fingerprint density at radius 1 is 1.39 bits per heavy atom. The van der Waals surface area contributed by atoms with Gasteiger partial charge in [-0.2, -0.15) is 4.98 Å². The van der Waals surface area contributed by atoms with Crippen LogP contribution in [0.25, 0.3) is 11.5 Å². The summed E-state index contributed by atoms with van der Waals surface area (Å²) in [6.45, 7) is 2.08. The van der Waals surface area contributed by atoms with Gasteiger partial charge in [0.05, 0.1) is 6.61 Å². The van der Waals surface area contributed by atoms with Crippen molar-refractivity contribution in [1.82, 2.24) is 10.1 Å². The van der Waals surface area contributed by atoms with Gasteiger partial charge in [-0.25, -0.2) is 0 Å². The molecule has 0 aliphatic carbocycles. The van der Waals surface area contributed by atoms with E-state index in [2.05, 4.69) is 10.1 Å². The van der Waals surface area contributed by atoms with Gasteiger partial charge >= 0.3 is 5.97 Å². The molecule has 0 atom stereocenters. The summed E-state index contributed by atoms with van der Waals surface area (Å²) in [6.07, 6.45) is 0.00489. The number of aromatic nitrogens is 2. The predicted molar refractivity (Wildman–Crippen MR) is 65.1 cm³/mol. The lowest BCUT2D eigenvalue weighted by Gasteiger charge is -1.96. The van der Waals surface area contributed by atoms with E-state index in [4.69, 9.17) is 20.9 Å². The lowest BCUT2D eigenvalue weighted by Crippen LogP contribution is -2.08. The monoisotopic (exact) mass is 266 g/mol. The first kappa shape index (κ1) is 12.6. The van der Waals surface area contributed by atoms with Crippen LogP contribution < -0.4 is 0 Å². The average Bonchev–Trinajstić information content (AvgIpc) is 2.78. The largest absolute Gasteiger partial charge is 0.466 e. The van der Waals surface area contributed by atoms with Gasteiger partial charge in [-0.1, -0.05) is 16.8 Å². The topological polar surface area (TPSA) is 65.2 Å². The van der Waals surface area contributed by atoms with Crippen LogP contribution in [-0.4, -0.2) is 22.7 Å². The van der Waals surface area contributed by atoms with Gasteiger partial charge in [0.1, 0.15) is 6.42 Å². The first-order chi connectivity index (χ1) is 8.69. The van der Waals surface area contributed by atoms with Crippen molar-refractivity contribution in [2.45, 2.75) is 13.3 Å². The van der Waals surface area contributed by atoms with Crippen LogP contribution >= 0.6 is 11.6 Å². The smallest absolute Gasteiger partial charge is 0.313 e. The first-order valence-corrected chi connectivity index (χ1v) is 5.81. The third-order valence-corrected chi connectivity index (χ3v) is 2.42. The van der Waals surface area contributed by atoms with Crippen molar-refractivity contribution in [2.75, 3.05) is 6.61 Å². The Morgan fingerprint density at radius 3 is 2.78 bits per heavy atom. The second-order valence-corrected chi connectivity index (χ2v) is 3.94. The van der Waals surface area contributed by atoms with Crippen LogP contribution in [0.2, 0.25) is 5.02 Å². The van der Waals surface area contributed by atoms with Gasteiger partial charge in [-0.15, -0.1) is 0 Å². The predicted octanol–water partition coefficient (Wildman–Crippen LogP) is 2.50. The molecule has 1 heterocycles. The fourth-order valence-electron chi connectivity index (χ4n) is 1.38. The number of halogens is 1. The number of rotatable bonds is 4. The minimum absolute atomic E-state index is 0.00489. The van der Waals surface area contributed by atoms with Crippen molar-refractivity contribution in [3.63, 3.8) is 0 Å². The molecule has 0 bridgehead atoms. The summed E-state index contributed by atoms with van der Waals surface area (Å²) in [4.78, 5) is 15.4. The zero-order chi connectivity index (χ0) is 13.0. The van der Waals surface area contributed by atoms with E-state index in [1.54, 1.807) is 31.2 Å². The van der Waals surface area contributed by atoms with Gasteiger partial charge in [0.15, 0.2) is 5.82 Å². The van der Waals surface area contributed by atoms with Crippen molar-refractivity contribution in [3.8, 4) is 11.5 Å². The van der Waals surface area contributed by atoms with Gasteiger partial charge in [-0.05, 0) is 31.2 Å². The van der Waals surface area contributed by atoms with Crippen LogP contribution in [0.4, 0.5) is 0 Å². The van der Waals surface area contributed by atoms with Crippen LogP contribution in [0.3, 0.4) is 0 Å². The molecule has 0 aliphatic rings. The quantitative estimate of drug-likeness (QED) is 0.796. The fourth-order valence-corrected chi connectivity index (χ4v) is 1.50. The number of esters is 1. The molecular formula is C12H11ClN2O3. The molecule has 0 amide bonds. The van der Waals surface area contributed by atoms with Crippen molar-refractivity contribution in [1.29, 1.82) is 0 Å². The van der Waals surface area contributed by atoms with Gasteiger partial charge in [0.2, 0.25) is 0 Å². The Balaban J connectivity index is 2.10. The Bertz CT molecular complexity index is 537. The fraction of sp³-hybridized carbons (Fsp3) is 0.250. The molecule has 18 heavy (non-hydrogen) atoms. The molecule has 0 fully saturated rings. The van der Waals surface area contributed by atoms with E-state index in [1.807, 2.05) is 0 Å². The maximum Gasteiger partial charge on any atom is 0.313 e. The Hall–Kier alpha value is -1.88. The third-order valence-electron chi connectivity index (χ3n) is 2.17. The first-order valence-electron chi connectivity index (χ1n) is 5.43. The molecule has 1 aromatic heterocycles. The SMILES string of the molecule is CCOC(=O)Cc1noc(-c2ccc(Cl)cc2)n1. The summed E-state index contributed by atoms with van der Waals surface area (Å²) in [7, 11) is 0. The van der Waals surface area contributed by atoms with E-state index in [1.165, 1.54) is 0 Å². The normalized spacial score (nSPS) is 10.3. The molecule has 0 saturated carbocycles.